The zero-order valence-corrected chi connectivity index (χ0v) is 26.5. The number of ether oxygens (including phenoxy) is 2. The lowest BCUT2D eigenvalue weighted by Gasteiger charge is -2.47. The van der Waals surface area contributed by atoms with E-state index in [-0.39, 0.29) is 41.2 Å². The quantitative estimate of drug-likeness (QED) is 0.122. The fourth-order valence-electron chi connectivity index (χ4n) is 6.82. The van der Waals surface area contributed by atoms with E-state index in [1.54, 1.807) is 0 Å². The van der Waals surface area contributed by atoms with Crippen LogP contribution in [0.1, 0.15) is 123 Å². The zero-order chi connectivity index (χ0) is 28.2. The molecule has 222 valence electrons. The first kappa shape index (κ1) is 32.5. The molecule has 40 heavy (non-hydrogen) atoms. The topological polar surface area (TPSA) is 62.6 Å². The van der Waals surface area contributed by atoms with E-state index in [4.69, 9.17) is 14.7 Å². The lowest BCUT2D eigenvalue weighted by atomic mass is 9.66. The van der Waals surface area contributed by atoms with Gasteiger partial charge in [-0.05, 0) is 108 Å². The number of halogens is 1. The number of hydrogen-bond donors (Lipinski definition) is 0. The van der Waals surface area contributed by atoms with Gasteiger partial charge in [-0.15, -0.1) is 12.4 Å². The fraction of sp³-hybridized carbons (Fsp3) is 0.706. The molecule has 0 bridgehead atoms. The summed E-state index contributed by atoms with van der Waals surface area (Å²) in [6, 6.07) is 6.60. The normalized spacial score (nSPS) is 22.9. The van der Waals surface area contributed by atoms with E-state index < -0.39 is 0 Å². The van der Waals surface area contributed by atoms with E-state index in [1.807, 2.05) is 6.92 Å². The number of nitriles is 1. The summed E-state index contributed by atoms with van der Waals surface area (Å²) in [6.07, 6.45) is 12.4. The van der Waals surface area contributed by atoms with Crippen molar-refractivity contribution in [1.29, 1.82) is 5.26 Å². The summed E-state index contributed by atoms with van der Waals surface area (Å²) < 4.78 is 13.1. The predicted octanol–water partition coefficient (Wildman–Crippen LogP) is 8.50. The maximum absolute atomic E-state index is 13.5. The Morgan fingerprint density at radius 3 is 2.65 bits per heavy atom. The Kier molecular flexibility index (Phi) is 11.2. The first-order chi connectivity index (χ1) is 18.5. The van der Waals surface area contributed by atoms with Gasteiger partial charge >= 0.3 is 5.97 Å². The van der Waals surface area contributed by atoms with E-state index in [0.29, 0.717) is 18.1 Å². The van der Waals surface area contributed by atoms with Gasteiger partial charge in [0.05, 0.1) is 12.0 Å². The molecule has 6 heteroatoms. The molecular formula is C34H51ClN2O3. The highest BCUT2D eigenvalue weighted by atomic mass is 35.5. The average Bonchev–Trinajstić information content (AvgIpc) is 2.89. The maximum atomic E-state index is 13.5. The number of rotatable bonds is 10. The van der Waals surface area contributed by atoms with Gasteiger partial charge in [-0.1, -0.05) is 45.3 Å². The molecule has 4 rings (SSSR count). The van der Waals surface area contributed by atoms with Crippen molar-refractivity contribution in [1.82, 2.24) is 4.90 Å². The number of fused-ring (bicyclic) bond motifs is 3. The Morgan fingerprint density at radius 1 is 1.23 bits per heavy atom. The Balaban J connectivity index is 0.00000441. The van der Waals surface area contributed by atoms with E-state index in [9.17, 15) is 4.79 Å². The Morgan fingerprint density at radius 2 is 1.95 bits per heavy atom. The second-order valence-corrected chi connectivity index (χ2v) is 13.6. The van der Waals surface area contributed by atoms with Gasteiger partial charge < -0.3 is 14.4 Å². The molecule has 1 fully saturated rings. The van der Waals surface area contributed by atoms with Crippen LogP contribution in [0.2, 0.25) is 0 Å². The maximum Gasteiger partial charge on any atom is 0.314 e. The molecule has 1 aliphatic carbocycles. The van der Waals surface area contributed by atoms with E-state index in [1.165, 1.54) is 24.8 Å². The summed E-state index contributed by atoms with van der Waals surface area (Å²) in [5.74, 6) is 1.89. The van der Waals surface area contributed by atoms with Crippen molar-refractivity contribution in [2.45, 2.75) is 123 Å². The van der Waals surface area contributed by atoms with Gasteiger partial charge in [-0.3, -0.25) is 4.79 Å². The molecule has 0 aromatic heterocycles. The van der Waals surface area contributed by atoms with Crippen molar-refractivity contribution in [3.63, 3.8) is 0 Å². The average molecular weight is 571 g/mol. The molecule has 2 aliphatic heterocycles. The smallest absolute Gasteiger partial charge is 0.314 e. The molecule has 5 nitrogen and oxygen atoms in total. The molecule has 0 radical (unpaired) electrons. The van der Waals surface area contributed by atoms with E-state index in [0.717, 1.165) is 75.0 Å². The third-order valence-corrected chi connectivity index (χ3v) is 9.55. The van der Waals surface area contributed by atoms with Crippen LogP contribution in [0.5, 0.6) is 11.5 Å². The van der Waals surface area contributed by atoms with E-state index >= 15 is 0 Å². The van der Waals surface area contributed by atoms with Gasteiger partial charge in [0.1, 0.15) is 17.1 Å². The summed E-state index contributed by atoms with van der Waals surface area (Å²) in [5, 5.41) is 8.96. The van der Waals surface area contributed by atoms with Gasteiger partial charge in [0.2, 0.25) is 0 Å². The van der Waals surface area contributed by atoms with Crippen molar-refractivity contribution in [3.8, 4) is 17.6 Å². The molecule has 2 heterocycles. The number of unbranched alkanes of at least 4 members (excludes halogenated alkanes) is 2. The first-order valence-electron chi connectivity index (χ1n) is 15.4. The largest absolute Gasteiger partial charge is 0.487 e. The second kappa shape index (κ2) is 13.8. The molecule has 0 saturated carbocycles. The summed E-state index contributed by atoms with van der Waals surface area (Å²) in [6.45, 7) is 16.4. The van der Waals surface area contributed by atoms with E-state index in [2.05, 4.69) is 63.8 Å². The third-order valence-electron chi connectivity index (χ3n) is 9.55. The Labute approximate surface area is 249 Å². The van der Waals surface area contributed by atoms with Crippen molar-refractivity contribution < 1.29 is 14.3 Å². The zero-order valence-electron chi connectivity index (χ0n) is 25.7. The van der Waals surface area contributed by atoms with Crippen LogP contribution in [0, 0.1) is 23.2 Å². The van der Waals surface area contributed by atoms with Crippen LogP contribution in [-0.2, 0) is 10.2 Å². The molecule has 1 aromatic carbocycles. The molecule has 3 atom stereocenters. The number of esters is 1. The van der Waals surface area contributed by atoms with Gasteiger partial charge in [0, 0.05) is 23.8 Å². The summed E-state index contributed by atoms with van der Waals surface area (Å²) >= 11 is 0. The van der Waals surface area contributed by atoms with Gasteiger partial charge in [0.15, 0.2) is 0 Å². The first-order valence-corrected chi connectivity index (χ1v) is 15.4. The molecule has 1 aromatic rings. The number of carbonyl (C=O) groups is 1. The molecule has 1 saturated heterocycles. The van der Waals surface area contributed by atoms with Crippen LogP contribution in [0.15, 0.2) is 23.8 Å². The number of carbonyl (C=O) groups excluding carboxylic acids is 1. The lowest BCUT2D eigenvalue weighted by molar-refractivity contribution is -0.138. The molecule has 0 N–H and O–H groups in total. The molecular weight excluding hydrogens is 520 g/mol. The van der Waals surface area contributed by atoms with Gasteiger partial charge in [-0.2, -0.15) is 5.26 Å². The van der Waals surface area contributed by atoms with Crippen LogP contribution in [0.3, 0.4) is 0 Å². The number of benzene rings is 1. The van der Waals surface area contributed by atoms with Gasteiger partial charge in [0.25, 0.3) is 0 Å². The Bertz CT molecular complexity index is 1100. The van der Waals surface area contributed by atoms with Crippen molar-refractivity contribution in [2.24, 2.45) is 11.8 Å². The minimum atomic E-state index is -0.298. The Hall–Kier alpha value is -2.03. The summed E-state index contributed by atoms with van der Waals surface area (Å²) in [4.78, 5) is 16.0. The highest BCUT2D eigenvalue weighted by Crippen LogP contribution is 2.55. The monoisotopic (exact) mass is 570 g/mol. The van der Waals surface area contributed by atoms with Crippen LogP contribution in [0.4, 0.5) is 0 Å². The second-order valence-electron chi connectivity index (χ2n) is 13.6. The number of piperidine rings is 1. The minimum absolute atomic E-state index is 0. The predicted molar refractivity (Wildman–Crippen MR) is 164 cm³/mol. The molecule has 1 unspecified atom stereocenters. The fourth-order valence-corrected chi connectivity index (χ4v) is 6.82. The number of likely N-dealkylation sites (tertiary alicyclic amines) is 1. The highest BCUT2D eigenvalue weighted by molar-refractivity contribution is 5.85. The van der Waals surface area contributed by atoms with Crippen LogP contribution in [-0.4, -0.2) is 36.1 Å². The van der Waals surface area contributed by atoms with Crippen LogP contribution in [0.25, 0.3) is 0 Å². The lowest BCUT2D eigenvalue weighted by Crippen LogP contribution is -2.45. The summed E-state index contributed by atoms with van der Waals surface area (Å²) in [7, 11) is 0. The molecule has 0 spiro atoms. The third kappa shape index (κ3) is 7.62. The summed E-state index contributed by atoms with van der Waals surface area (Å²) in [5.41, 5.74) is 3.19. The van der Waals surface area contributed by atoms with Crippen molar-refractivity contribution in [3.05, 3.63) is 34.9 Å². The van der Waals surface area contributed by atoms with Crippen molar-refractivity contribution >= 4 is 18.4 Å². The minimum Gasteiger partial charge on any atom is -0.487 e. The SMILES string of the molecule is CC1=CC[C@@H]2[C@@H](C1)c1c(OC(=O)C(C)CCN3CCCCC3)cc(C(C)(C)CCCCC#N)cc1OC2(C)C.Cl. The van der Waals surface area contributed by atoms with Gasteiger partial charge in [-0.25, -0.2) is 0 Å². The number of hydrogen-bond acceptors (Lipinski definition) is 5. The van der Waals surface area contributed by atoms with Crippen LogP contribution < -0.4 is 9.47 Å². The number of nitrogens with zero attached hydrogens (tertiary/aromatic N) is 2. The van der Waals surface area contributed by atoms with Crippen LogP contribution >= 0.6 is 12.4 Å². The number of allylic oxidation sites excluding steroid dienone is 2. The van der Waals surface area contributed by atoms with Crippen molar-refractivity contribution in [2.75, 3.05) is 19.6 Å². The molecule has 3 aliphatic rings. The highest BCUT2D eigenvalue weighted by Gasteiger charge is 2.46. The standard InChI is InChI=1S/C34H50N2O3.ClH/c1-24-13-14-28-27(21-24)31-29(38-32(37)25(2)15-20-36-18-11-8-12-19-36)22-26(23-30(31)39-34(28,5)6)33(3,4)16-9-7-10-17-35;/h13,22-23,25,27-28H,7-12,14-16,18-21H2,1-6H3;1H/t25?,27-,28-;/m1./s1. The molecule has 0 amide bonds.